The van der Waals surface area contributed by atoms with E-state index >= 15 is 0 Å². The van der Waals surface area contributed by atoms with Gasteiger partial charge in [0.05, 0.1) is 26.9 Å². The number of methoxy groups -OCH3 is 3. The summed E-state index contributed by atoms with van der Waals surface area (Å²) in [6.45, 7) is 10.5. The van der Waals surface area contributed by atoms with Crippen molar-refractivity contribution in [3.8, 4) is 34.1 Å². The van der Waals surface area contributed by atoms with Gasteiger partial charge in [0.2, 0.25) is 0 Å². The first-order valence-corrected chi connectivity index (χ1v) is 9.83. The Balaban J connectivity index is 2.05. The molecule has 0 N–H and O–H groups in total. The molecule has 1 aliphatic heterocycles. The lowest BCUT2D eigenvalue weighted by atomic mass is 9.74. The van der Waals surface area contributed by atoms with Gasteiger partial charge in [-0.1, -0.05) is 12.2 Å². The Morgan fingerprint density at radius 3 is 2.34 bits per heavy atom. The Kier molecular flexibility index (Phi) is 4.60. The molecule has 0 spiro atoms. The maximum Gasteiger partial charge on any atom is 0.161 e. The van der Waals surface area contributed by atoms with Crippen molar-refractivity contribution in [2.75, 3.05) is 21.3 Å². The van der Waals surface area contributed by atoms with Gasteiger partial charge in [0.15, 0.2) is 11.5 Å². The highest BCUT2D eigenvalue weighted by Crippen LogP contribution is 2.53. The third-order valence-electron chi connectivity index (χ3n) is 5.82. The van der Waals surface area contributed by atoms with Crippen molar-refractivity contribution in [1.29, 1.82) is 0 Å². The molecule has 152 valence electrons. The van der Waals surface area contributed by atoms with E-state index in [4.69, 9.17) is 18.9 Å². The first-order chi connectivity index (χ1) is 13.8. The molecule has 1 aliphatic carbocycles. The monoisotopic (exact) mass is 392 g/mol. The van der Waals surface area contributed by atoms with Gasteiger partial charge in [0.25, 0.3) is 0 Å². The Morgan fingerprint density at radius 1 is 1.03 bits per heavy atom. The lowest BCUT2D eigenvalue weighted by molar-refractivity contribution is 0.158. The molecule has 4 heteroatoms. The van der Waals surface area contributed by atoms with E-state index in [2.05, 4.69) is 57.7 Å². The zero-order valence-electron chi connectivity index (χ0n) is 18.0. The van der Waals surface area contributed by atoms with Crippen LogP contribution in [-0.4, -0.2) is 26.9 Å². The van der Waals surface area contributed by atoms with Crippen LogP contribution in [0.5, 0.6) is 23.0 Å². The molecule has 1 atom stereocenters. The predicted molar refractivity (Wildman–Crippen MR) is 117 cm³/mol. The van der Waals surface area contributed by atoms with Crippen molar-refractivity contribution in [2.24, 2.45) is 0 Å². The van der Waals surface area contributed by atoms with E-state index in [-0.39, 0.29) is 11.5 Å². The second kappa shape index (κ2) is 6.87. The lowest BCUT2D eigenvalue weighted by Crippen LogP contribution is -2.28. The fourth-order valence-electron chi connectivity index (χ4n) is 4.38. The minimum absolute atomic E-state index is 0.152. The summed E-state index contributed by atoms with van der Waals surface area (Å²) < 4.78 is 23.4. The third kappa shape index (κ3) is 3.07. The lowest BCUT2D eigenvalue weighted by Gasteiger charge is -2.35. The average molecular weight is 392 g/mol. The van der Waals surface area contributed by atoms with Gasteiger partial charge < -0.3 is 18.9 Å². The van der Waals surface area contributed by atoms with Crippen LogP contribution in [0.25, 0.3) is 17.2 Å². The highest BCUT2D eigenvalue weighted by molar-refractivity contribution is 5.85. The van der Waals surface area contributed by atoms with Gasteiger partial charge in [0.1, 0.15) is 17.1 Å². The zero-order valence-corrected chi connectivity index (χ0v) is 18.0. The van der Waals surface area contributed by atoms with Crippen LogP contribution in [0, 0.1) is 0 Å². The first-order valence-electron chi connectivity index (χ1n) is 9.83. The minimum atomic E-state index is -0.366. The van der Waals surface area contributed by atoms with Gasteiger partial charge in [-0.2, -0.15) is 0 Å². The molecule has 2 aliphatic rings. The molecule has 1 heterocycles. The maximum atomic E-state index is 6.29. The summed E-state index contributed by atoms with van der Waals surface area (Å²) in [6, 6.07) is 6.26. The van der Waals surface area contributed by atoms with Gasteiger partial charge in [-0.05, 0) is 74.2 Å². The number of hydrogen-bond donors (Lipinski definition) is 0. The summed E-state index contributed by atoms with van der Waals surface area (Å²) >= 11 is 0. The summed E-state index contributed by atoms with van der Waals surface area (Å²) in [5.41, 5.74) is 6.30. The fourth-order valence-corrected chi connectivity index (χ4v) is 4.38. The van der Waals surface area contributed by atoms with Crippen LogP contribution in [-0.2, 0) is 6.42 Å². The topological polar surface area (TPSA) is 36.9 Å². The second-order valence-electron chi connectivity index (χ2n) is 8.29. The number of ether oxygens (including phenoxy) is 4. The van der Waals surface area contributed by atoms with Crippen molar-refractivity contribution < 1.29 is 18.9 Å². The molecule has 0 fully saturated rings. The summed E-state index contributed by atoms with van der Waals surface area (Å²) in [7, 11) is 5.05. The van der Waals surface area contributed by atoms with Crippen LogP contribution in [0.15, 0.2) is 36.4 Å². The zero-order chi connectivity index (χ0) is 20.9. The molecule has 2 aromatic carbocycles. The van der Waals surface area contributed by atoms with E-state index in [9.17, 15) is 0 Å². The van der Waals surface area contributed by atoms with Gasteiger partial charge in [-0.15, -0.1) is 0 Å². The van der Waals surface area contributed by atoms with Crippen molar-refractivity contribution in [3.63, 3.8) is 0 Å². The largest absolute Gasteiger partial charge is 0.496 e. The smallest absolute Gasteiger partial charge is 0.161 e. The highest BCUT2D eigenvalue weighted by atomic mass is 16.5. The Bertz CT molecular complexity index is 1030. The van der Waals surface area contributed by atoms with Gasteiger partial charge in [0, 0.05) is 11.5 Å². The average Bonchev–Trinajstić information content (AvgIpc) is 2.69. The van der Waals surface area contributed by atoms with Crippen molar-refractivity contribution in [3.05, 3.63) is 53.1 Å². The molecule has 1 unspecified atom stereocenters. The van der Waals surface area contributed by atoms with Crippen LogP contribution in [0.2, 0.25) is 0 Å². The van der Waals surface area contributed by atoms with Gasteiger partial charge in [-0.25, -0.2) is 0 Å². The van der Waals surface area contributed by atoms with Gasteiger partial charge >= 0.3 is 0 Å². The maximum absolute atomic E-state index is 6.29. The van der Waals surface area contributed by atoms with Crippen molar-refractivity contribution >= 4 is 6.08 Å². The molecular formula is C25H28O4. The second-order valence-corrected chi connectivity index (χ2v) is 8.29. The van der Waals surface area contributed by atoms with Crippen LogP contribution < -0.4 is 18.9 Å². The fraction of sp³-hybridized carbons (Fsp3) is 0.360. The SMILES string of the molecule is C=C(C)C1Cc2cc(OC)c(OC)cc2-c2cc3c(c(OC)c21)C=CC(C)(C)O3. The van der Waals surface area contributed by atoms with E-state index in [0.29, 0.717) is 5.75 Å². The molecule has 4 rings (SSSR count). The first kappa shape index (κ1) is 19.4. The standard InChI is InChI=1S/C25H28O4/c1-14(2)17-10-15-11-21(26-5)22(27-6)12-18(15)19-13-20-16(24(28-7)23(17)19)8-9-25(3,4)29-20/h8-9,11-13,17H,1,10H2,2-7H3. The number of fused-ring (bicyclic) bond motifs is 4. The van der Waals surface area contributed by atoms with Crippen LogP contribution in [0.4, 0.5) is 0 Å². The number of benzene rings is 2. The molecule has 4 nitrogen and oxygen atoms in total. The van der Waals surface area contributed by atoms with E-state index in [1.807, 2.05) is 0 Å². The quantitative estimate of drug-likeness (QED) is 0.618. The Hall–Kier alpha value is -2.88. The Labute approximate surface area is 172 Å². The van der Waals surface area contributed by atoms with Crippen molar-refractivity contribution in [1.82, 2.24) is 0 Å². The van der Waals surface area contributed by atoms with Crippen LogP contribution in [0.1, 0.15) is 43.4 Å². The molecule has 2 aromatic rings. The van der Waals surface area contributed by atoms with Crippen LogP contribution >= 0.6 is 0 Å². The number of hydrogen-bond acceptors (Lipinski definition) is 4. The molecule has 0 aromatic heterocycles. The molecule has 0 bridgehead atoms. The molecule has 0 amide bonds. The van der Waals surface area contributed by atoms with E-state index in [1.54, 1.807) is 21.3 Å². The summed E-state index contributed by atoms with van der Waals surface area (Å²) in [5.74, 6) is 3.29. The van der Waals surface area contributed by atoms with E-state index < -0.39 is 0 Å². The van der Waals surface area contributed by atoms with E-state index in [0.717, 1.165) is 51.5 Å². The molecule has 29 heavy (non-hydrogen) atoms. The molecular weight excluding hydrogens is 364 g/mol. The summed E-state index contributed by atoms with van der Waals surface area (Å²) in [4.78, 5) is 0. The molecule has 0 saturated carbocycles. The van der Waals surface area contributed by atoms with Crippen molar-refractivity contribution in [2.45, 2.75) is 38.7 Å². The Morgan fingerprint density at radius 2 is 1.72 bits per heavy atom. The number of rotatable bonds is 4. The molecule has 0 radical (unpaired) electrons. The normalized spacial score (nSPS) is 18.1. The molecule has 0 saturated heterocycles. The minimum Gasteiger partial charge on any atom is -0.496 e. The summed E-state index contributed by atoms with van der Waals surface area (Å²) in [5, 5.41) is 0. The number of allylic oxidation sites excluding steroid dienone is 1. The predicted octanol–water partition coefficient (Wildman–Crippen LogP) is 5.78. The van der Waals surface area contributed by atoms with Gasteiger partial charge in [-0.3, -0.25) is 0 Å². The summed E-state index contributed by atoms with van der Waals surface area (Å²) in [6.07, 6.45) is 5.02. The third-order valence-corrected chi connectivity index (χ3v) is 5.82. The van der Waals surface area contributed by atoms with Crippen LogP contribution in [0.3, 0.4) is 0 Å². The highest BCUT2D eigenvalue weighted by Gasteiger charge is 2.34. The van der Waals surface area contributed by atoms with E-state index in [1.165, 1.54) is 5.56 Å².